The number of nitrogens with one attached hydrogen (secondary N) is 1. The van der Waals surface area contributed by atoms with E-state index in [9.17, 15) is 45.6 Å². The first kappa shape index (κ1) is 37.9. The molecule has 1 amide bonds. The van der Waals surface area contributed by atoms with Crippen LogP contribution in [0.1, 0.15) is 43.1 Å². The van der Waals surface area contributed by atoms with Crippen molar-refractivity contribution in [3.63, 3.8) is 0 Å². The number of hydrogen-bond donors (Lipinski definition) is 11. The van der Waals surface area contributed by atoms with E-state index in [1.165, 1.54) is 4.90 Å². The average Bonchev–Trinajstić information content (AvgIpc) is 3.03. The summed E-state index contributed by atoms with van der Waals surface area (Å²) in [5.74, 6) is 0.802. The number of aliphatic hydroxyl groups excluding tert-OH is 10. The minimum absolute atomic E-state index is 0.0972. The molecule has 0 radical (unpaired) electrons. The number of aliphatic hydroxyl groups is 10. The van der Waals surface area contributed by atoms with E-state index in [4.69, 9.17) is 10.2 Å². The lowest BCUT2D eigenvalue weighted by atomic mass is 10.0. The van der Waals surface area contributed by atoms with Crippen molar-refractivity contribution in [3.8, 4) is 0 Å². The fourth-order valence-corrected chi connectivity index (χ4v) is 5.23. The Morgan fingerprint density at radius 3 is 1.89 bits per heavy atom. The number of carbonyl (C=O) groups is 1. The average molecular weight is 632 g/mol. The number of amidine groups is 1. The van der Waals surface area contributed by atoms with E-state index in [2.05, 4.69) is 21.7 Å². The van der Waals surface area contributed by atoms with Gasteiger partial charge in [-0.3, -0.25) is 14.3 Å². The van der Waals surface area contributed by atoms with Gasteiger partial charge in [0.1, 0.15) is 48.9 Å². The summed E-state index contributed by atoms with van der Waals surface area (Å²) < 4.78 is 2.26. The highest BCUT2D eigenvalue weighted by atomic mass is 16.4. The largest absolute Gasteiger partial charge is 0.394 e. The molecule has 44 heavy (non-hydrogen) atoms. The number of benzene rings is 1. The van der Waals surface area contributed by atoms with Crippen molar-refractivity contribution in [2.75, 3.05) is 57.4 Å². The van der Waals surface area contributed by atoms with Crippen LogP contribution in [-0.4, -0.2) is 174 Å². The highest BCUT2D eigenvalue weighted by molar-refractivity contribution is 5.99. The first-order valence-corrected chi connectivity index (χ1v) is 15.0. The fraction of sp³-hybridized carbons (Fsp3) is 0.724. The molecule has 1 heterocycles. The van der Waals surface area contributed by atoms with Gasteiger partial charge in [-0.15, -0.1) is 0 Å². The number of carbonyl (C=O) groups excluding carboxylic acids is 1. The van der Waals surface area contributed by atoms with Crippen molar-refractivity contribution >= 4 is 17.4 Å². The lowest BCUT2D eigenvalue weighted by molar-refractivity contribution is -0.543. The number of anilines is 1. The van der Waals surface area contributed by atoms with Crippen LogP contribution in [0.5, 0.6) is 0 Å². The quantitative estimate of drug-likeness (QED) is 0.0513. The molecule has 0 spiro atoms. The molecule has 252 valence electrons. The van der Waals surface area contributed by atoms with Gasteiger partial charge >= 0.3 is 0 Å². The minimum Gasteiger partial charge on any atom is -0.394 e. The number of rotatable bonds is 19. The predicted molar refractivity (Wildman–Crippen MR) is 160 cm³/mol. The van der Waals surface area contributed by atoms with Crippen LogP contribution in [-0.2, 0) is 6.54 Å². The fourth-order valence-electron chi connectivity index (χ4n) is 5.23. The van der Waals surface area contributed by atoms with Gasteiger partial charge in [0.15, 0.2) is 0 Å². The van der Waals surface area contributed by atoms with Gasteiger partial charge in [-0.1, -0.05) is 6.07 Å². The van der Waals surface area contributed by atoms with Crippen LogP contribution in [0.3, 0.4) is 0 Å². The summed E-state index contributed by atoms with van der Waals surface area (Å²) in [6.07, 6.45) is -14.0. The predicted octanol–water partition coefficient (Wildman–Crippen LogP) is -4.23. The van der Waals surface area contributed by atoms with Gasteiger partial charge in [0.25, 0.3) is 5.91 Å². The molecule has 15 nitrogen and oxygen atoms in total. The van der Waals surface area contributed by atoms with E-state index in [0.29, 0.717) is 5.56 Å². The molecule has 0 fully saturated rings. The Bertz CT molecular complexity index is 1050. The molecule has 8 atom stereocenters. The van der Waals surface area contributed by atoms with Gasteiger partial charge in [-0.2, -0.15) is 0 Å². The molecule has 2 rings (SSSR count). The van der Waals surface area contributed by atoms with Gasteiger partial charge < -0.3 is 56.4 Å². The molecule has 0 bridgehead atoms. The normalized spacial score (nSPS) is 19.2. The van der Waals surface area contributed by atoms with Crippen molar-refractivity contribution in [3.05, 3.63) is 29.3 Å². The molecule has 0 saturated heterocycles. The Labute approximate surface area is 257 Å². The van der Waals surface area contributed by atoms with Gasteiger partial charge in [-0.05, 0) is 32.4 Å². The van der Waals surface area contributed by atoms with E-state index < -0.39 is 62.0 Å². The summed E-state index contributed by atoms with van der Waals surface area (Å²) in [6.45, 7) is 6.32. The third kappa shape index (κ3) is 9.86. The lowest BCUT2D eigenvalue weighted by Crippen LogP contribution is -2.53. The van der Waals surface area contributed by atoms with Gasteiger partial charge in [0, 0.05) is 44.2 Å². The van der Waals surface area contributed by atoms with Crippen LogP contribution in [0.2, 0.25) is 0 Å². The van der Waals surface area contributed by atoms with Crippen molar-refractivity contribution in [1.29, 1.82) is 0 Å². The number of fused-ring (bicyclic) bond motifs is 1. The molecule has 0 aromatic heterocycles. The molecular formula is C29H51N4O11+. The summed E-state index contributed by atoms with van der Waals surface area (Å²) in [7, 11) is 0. The van der Waals surface area contributed by atoms with Crippen LogP contribution in [0, 0.1) is 0 Å². The summed E-state index contributed by atoms with van der Waals surface area (Å²) in [5.41, 5.74) is 2.55. The van der Waals surface area contributed by atoms with Crippen LogP contribution >= 0.6 is 0 Å². The molecule has 0 aliphatic carbocycles. The van der Waals surface area contributed by atoms with E-state index in [-0.39, 0.29) is 38.5 Å². The molecule has 0 unspecified atom stereocenters. The Morgan fingerprint density at radius 1 is 0.886 bits per heavy atom. The zero-order valence-electron chi connectivity index (χ0n) is 25.6. The van der Waals surface area contributed by atoms with Crippen molar-refractivity contribution in [2.24, 2.45) is 0 Å². The molecule has 11 N–H and O–H groups in total. The zero-order chi connectivity index (χ0) is 33.1. The molecule has 1 aliphatic rings. The third-order valence-electron chi connectivity index (χ3n) is 8.02. The van der Waals surface area contributed by atoms with Crippen LogP contribution in [0.25, 0.3) is 0 Å². The van der Waals surface area contributed by atoms with Crippen molar-refractivity contribution < 1.29 is 60.4 Å². The third-order valence-corrected chi connectivity index (χ3v) is 8.02. The molecule has 1 aromatic carbocycles. The SMILES string of the molecule is CCN1C(C)=[N+](CC)Cc2ccc(C(=O)NCCCN(C[C@H](O)[C@@H](O)[C@H](O)[C@H](O)CO)C[C@H](O)[C@@H](O)[C@H](O)[C@H](O)CO)cc21. The van der Waals surface area contributed by atoms with Crippen molar-refractivity contribution in [2.45, 2.75) is 82.6 Å². The molecule has 15 heteroatoms. The minimum atomic E-state index is -1.88. The molecule has 1 aliphatic heterocycles. The summed E-state index contributed by atoms with van der Waals surface area (Å²) >= 11 is 0. The van der Waals surface area contributed by atoms with E-state index >= 15 is 0 Å². The number of hydrogen-bond acceptors (Lipinski definition) is 13. The molecule has 1 aromatic rings. The molecular weight excluding hydrogens is 580 g/mol. The first-order chi connectivity index (χ1) is 20.8. The number of nitrogens with zero attached hydrogens (tertiary/aromatic N) is 3. The highest BCUT2D eigenvalue weighted by Crippen LogP contribution is 2.27. The zero-order valence-corrected chi connectivity index (χ0v) is 25.6. The first-order valence-electron chi connectivity index (χ1n) is 15.0. The maximum atomic E-state index is 13.0. The summed E-state index contributed by atoms with van der Waals surface area (Å²) in [4.78, 5) is 16.5. The maximum Gasteiger partial charge on any atom is 0.251 e. The van der Waals surface area contributed by atoms with Crippen LogP contribution < -0.4 is 10.2 Å². The van der Waals surface area contributed by atoms with E-state index in [1.807, 2.05) is 26.0 Å². The van der Waals surface area contributed by atoms with Gasteiger partial charge in [-0.25, -0.2) is 4.90 Å². The summed E-state index contributed by atoms with van der Waals surface area (Å²) in [6, 6.07) is 5.55. The van der Waals surface area contributed by atoms with E-state index in [0.717, 1.165) is 36.7 Å². The Kier molecular flexibility index (Phi) is 15.5. The standard InChI is InChI=1S/C29H50N4O11/c1-4-32-12-19-8-7-18(11-20(19)33(5-2)17(32)3)29(44)30-9-6-10-31(13-21(36)25(40)27(42)23(38)15-34)14-22(37)26(41)28(43)24(39)16-35/h7-8,11,21-28,34-43H,4-6,9-10,12-16H2,1-3H3/p+1/t21-,22-,23+,24+,25+,26+,27+,28+/m0/s1. The summed E-state index contributed by atoms with van der Waals surface area (Å²) in [5, 5.41) is 101. The molecule has 0 saturated carbocycles. The highest BCUT2D eigenvalue weighted by Gasteiger charge is 2.34. The second-order valence-corrected chi connectivity index (χ2v) is 11.1. The Morgan fingerprint density at radius 2 is 1.41 bits per heavy atom. The van der Waals surface area contributed by atoms with Crippen LogP contribution in [0.4, 0.5) is 5.69 Å². The van der Waals surface area contributed by atoms with Crippen LogP contribution in [0.15, 0.2) is 18.2 Å². The van der Waals surface area contributed by atoms with Gasteiger partial charge in [0.2, 0.25) is 5.84 Å². The van der Waals surface area contributed by atoms with Crippen molar-refractivity contribution in [1.82, 2.24) is 10.2 Å². The number of amides is 1. The van der Waals surface area contributed by atoms with Gasteiger partial charge in [0.05, 0.1) is 38.5 Å². The monoisotopic (exact) mass is 631 g/mol. The maximum absolute atomic E-state index is 13.0. The Hall–Kier alpha value is -2.28. The smallest absolute Gasteiger partial charge is 0.251 e. The lowest BCUT2D eigenvalue weighted by Gasteiger charge is -2.33. The second-order valence-electron chi connectivity index (χ2n) is 11.1. The Balaban J connectivity index is 2.07. The topological polar surface area (TPSA) is 241 Å². The second kappa shape index (κ2) is 18.0. The van der Waals surface area contributed by atoms with E-state index in [1.54, 1.807) is 6.07 Å².